The van der Waals surface area contributed by atoms with Crippen molar-refractivity contribution in [3.8, 4) is 0 Å². The molecule has 23 heavy (non-hydrogen) atoms. The van der Waals surface area contributed by atoms with Gasteiger partial charge in [-0.1, -0.05) is 42.8 Å². The lowest BCUT2D eigenvalue weighted by Crippen LogP contribution is -2.41. The maximum Gasteiger partial charge on any atom is 0.252 e. The molecule has 0 amide bonds. The van der Waals surface area contributed by atoms with Crippen LogP contribution in [0.4, 0.5) is 0 Å². The van der Waals surface area contributed by atoms with Crippen molar-refractivity contribution in [1.82, 2.24) is 4.31 Å². The predicted octanol–water partition coefficient (Wildman–Crippen LogP) is 3.73. The lowest BCUT2D eigenvalue weighted by atomic mass is 10.1. The number of hydrogen-bond donors (Lipinski definition) is 0. The number of morpholine rings is 1. The first-order valence-corrected chi connectivity index (χ1v) is 10.1. The number of aryl methyl sites for hydroxylation is 1. The summed E-state index contributed by atoms with van der Waals surface area (Å²) < 4.78 is 33.4. The second kappa shape index (κ2) is 6.91. The topological polar surface area (TPSA) is 46.6 Å². The summed E-state index contributed by atoms with van der Waals surface area (Å²) in [6, 6.07) is 11.3. The molecule has 2 aromatic rings. The first-order valence-electron chi connectivity index (χ1n) is 7.46. The average molecular weight is 372 g/mol. The molecule has 0 bridgehead atoms. The summed E-state index contributed by atoms with van der Waals surface area (Å²) >= 11 is 6.95. The molecule has 1 saturated heterocycles. The van der Waals surface area contributed by atoms with Crippen LogP contribution in [0, 0.1) is 0 Å². The minimum atomic E-state index is -3.51. The van der Waals surface area contributed by atoms with E-state index < -0.39 is 10.0 Å². The van der Waals surface area contributed by atoms with Crippen LogP contribution in [0.25, 0.3) is 0 Å². The summed E-state index contributed by atoms with van der Waals surface area (Å²) in [5.41, 5.74) is 2.26. The van der Waals surface area contributed by atoms with Crippen LogP contribution in [0.5, 0.6) is 0 Å². The SMILES string of the molecule is CCc1ccc(C2CN(S(=O)(=O)c3ccc(Cl)s3)CCO2)cc1. The largest absolute Gasteiger partial charge is 0.371 e. The van der Waals surface area contributed by atoms with Gasteiger partial charge >= 0.3 is 0 Å². The van der Waals surface area contributed by atoms with Gasteiger partial charge in [-0.05, 0) is 29.7 Å². The molecule has 1 atom stereocenters. The molecule has 2 heterocycles. The molecule has 1 aliphatic rings. The highest BCUT2D eigenvalue weighted by molar-refractivity contribution is 7.91. The molecule has 1 aliphatic heterocycles. The van der Waals surface area contributed by atoms with Gasteiger partial charge < -0.3 is 4.74 Å². The molecule has 0 saturated carbocycles. The summed E-state index contributed by atoms with van der Waals surface area (Å²) in [4.78, 5) is 0. The summed E-state index contributed by atoms with van der Waals surface area (Å²) in [7, 11) is -3.51. The molecule has 4 nitrogen and oxygen atoms in total. The van der Waals surface area contributed by atoms with Crippen molar-refractivity contribution in [1.29, 1.82) is 0 Å². The highest BCUT2D eigenvalue weighted by Crippen LogP contribution is 2.31. The minimum Gasteiger partial charge on any atom is -0.371 e. The predicted molar refractivity (Wildman–Crippen MR) is 92.6 cm³/mol. The van der Waals surface area contributed by atoms with Gasteiger partial charge in [0.05, 0.1) is 17.0 Å². The fourth-order valence-electron chi connectivity index (χ4n) is 2.58. The van der Waals surface area contributed by atoms with Crippen molar-refractivity contribution in [3.05, 3.63) is 51.9 Å². The van der Waals surface area contributed by atoms with E-state index in [1.54, 1.807) is 12.1 Å². The van der Waals surface area contributed by atoms with Gasteiger partial charge in [0, 0.05) is 13.1 Å². The second-order valence-electron chi connectivity index (χ2n) is 5.38. The molecule has 0 aliphatic carbocycles. The first kappa shape index (κ1) is 16.9. The first-order chi connectivity index (χ1) is 11.0. The molecule has 124 valence electrons. The zero-order chi connectivity index (χ0) is 16.4. The van der Waals surface area contributed by atoms with Gasteiger partial charge in [-0.25, -0.2) is 8.42 Å². The highest BCUT2D eigenvalue weighted by atomic mass is 35.5. The van der Waals surface area contributed by atoms with Crippen LogP contribution in [-0.2, 0) is 21.2 Å². The average Bonchev–Trinajstić information content (AvgIpc) is 3.02. The number of rotatable bonds is 4. The Hall–Kier alpha value is -0.920. The Morgan fingerprint density at radius 2 is 2.00 bits per heavy atom. The Morgan fingerprint density at radius 1 is 1.26 bits per heavy atom. The minimum absolute atomic E-state index is 0.236. The lowest BCUT2D eigenvalue weighted by Gasteiger charge is -2.32. The summed E-state index contributed by atoms with van der Waals surface area (Å²) in [5.74, 6) is 0. The van der Waals surface area contributed by atoms with Crippen molar-refractivity contribution in [3.63, 3.8) is 0 Å². The van der Waals surface area contributed by atoms with Crippen LogP contribution in [0.1, 0.15) is 24.2 Å². The molecule has 1 fully saturated rings. The van der Waals surface area contributed by atoms with Crippen LogP contribution in [-0.4, -0.2) is 32.4 Å². The molecule has 0 spiro atoms. The quantitative estimate of drug-likeness (QED) is 0.822. The van der Waals surface area contributed by atoms with Crippen LogP contribution in [0.3, 0.4) is 0 Å². The van der Waals surface area contributed by atoms with Gasteiger partial charge in [0.1, 0.15) is 4.21 Å². The monoisotopic (exact) mass is 371 g/mol. The van der Waals surface area contributed by atoms with Crippen molar-refractivity contribution in [2.75, 3.05) is 19.7 Å². The Balaban J connectivity index is 1.80. The van der Waals surface area contributed by atoms with Gasteiger partial charge in [0.25, 0.3) is 10.0 Å². The zero-order valence-corrected chi connectivity index (χ0v) is 15.1. The number of hydrogen-bond acceptors (Lipinski definition) is 4. The van der Waals surface area contributed by atoms with Crippen molar-refractivity contribution in [2.24, 2.45) is 0 Å². The van der Waals surface area contributed by atoms with Crippen LogP contribution in [0.15, 0.2) is 40.6 Å². The molecule has 7 heteroatoms. The molecular formula is C16H18ClNO3S2. The third-order valence-corrected chi connectivity index (χ3v) is 7.50. The standard InChI is InChI=1S/C16H18ClNO3S2/c1-2-12-3-5-13(6-4-12)14-11-18(9-10-21-14)23(19,20)16-8-7-15(17)22-16/h3-8,14H,2,9-11H2,1H3. The fraction of sp³-hybridized carbons (Fsp3) is 0.375. The van der Waals surface area contributed by atoms with E-state index in [0.29, 0.717) is 24.0 Å². The maximum atomic E-state index is 12.7. The van der Waals surface area contributed by atoms with Crippen molar-refractivity contribution >= 4 is 33.0 Å². The van der Waals surface area contributed by atoms with Crippen molar-refractivity contribution < 1.29 is 13.2 Å². The van der Waals surface area contributed by atoms with E-state index in [1.807, 2.05) is 12.1 Å². The van der Waals surface area contributed by atoms with Crippen LogP contribution >= 0.6 is 22.9 Å². The van der Waals surface area contributed by atoms with Gasteiger partial charge in [-0.15, -0.1) is 11.3 Å². The number of thiophene rings is 1. The Morgan fingerprint density at radius 3 is 2.61 bits per heavy atom. The fourth-order valence-corrected chi connectivity index (χ4v) is 5.64. The van der Waals surface area contributed by atoms with E-state index in [4.69, 9.17) is 16.3 Å². The highest BCUT2D eigenvalue weighted by Gasteiger charge is 2.32. The van der Waals surface area contributed by atoms with E-state index in [9.17, 15) is 8.42 Å². The molecule has 0 N–H and O–H groups in total. The van der Waals surface area contributed by atoms with Gasteiger partial charge in [0.15, 0.2) is 0 Å². The molecular weight excluding hydrogens is 354 g/mol. The third-order valence-electron chi connectivity index (χ3n) is 3.93. The Kier molecular flexibility index (Phi) is 5.08. The summed E-state index contributed by atoms with van der Waals surface area (Å²) in [6.07, 6.45) is 0.741. The van der Waals surface area contributed by atoms with Crippen LogP contribution < -0.4 is 0 Å². The van der Waals surface area contributed by atoms with Gasteiger partial charge in [0.2, 0.25) is 0 Å². The number of nitrogens with zero attached hydrogens (tertiary/aromatic N) is 1. The van der Waals surface area contributed by atoms with Crippen molar-refractivity contribution in [2.45, 2.75) is 23.7 Å². The second-order valence-corrected chi connectivity index (χ2v) is 9.26. The molecule has 3 rings (SSSR count). The van der Waals surface area contributed by atoms with E-state index in [2.05, 4.69) is 19.1 Å². The van der Waals surface area contributed by atoms with E-state index in [1.165, 1.54) is 9.87 Å². The molecule has 1 aromatic heterocycles. The van der Waals surface area contributed by atoms with Gasteiger partial charge in [-0.3, -0.25) is 0 Å². The summed E-state index contributed by atoms with van der Waals surface area (Å²) in [6.45, 7) is 3.18. The van der Waals surface area contributed by atoms with E-state index in [0.717, 1.165) is 23.3 Å². The Labute approximate surface area is 145 Å². The normalized spacial score (nSPS) is 19.8. The molecule has 1 unspecified atom stereocenters. The zero-order valence-electron chi connectivity index (χ0n) is 12.7. The molecule has 1 aromatic carbocycles. The smallest absolute Gasteiger partial charge is 0.252 e. The maximum absolute atomic E-state index is 12.7. The van der Waals surface area contributed by atoms with Crippen LogP contribution in [0.2, 0.25) is 4.34 Å². The third kappa shape index (κ3) is 3.61. The summed E-state index contributed by atoms with van der Waals surface area (Å²) in [5, 5.41) is 0. The molecule has 0 radical (unpaired) electrons. The van der Waals surface area contributed by atoms with Gasteiger partial charge in [-0.2, -0.15) is 4.31 Å². The number of halogens is 1. The van der Waals surface area contributed by atoms with E-state index in [-0.39, 0.29) is 10.3 Å². The van der Waals surface area contributed by atoms with E-state index >= 15 is 0 Å². The number of sulfonamides is 1. The lowest BCUT2D eigenvalue weighted by molar-refractivity contribution is -0.00250. The number of ether oxygens (including phenoxy) is 1. The number of benzene rings is 1. The Bertz CT molecular complexity index is 771.